The van der Waals surface area contributed by atoms with Crippen molar-refractivity contribution in [1.82, 2.24) is 4.98 Å². The van der Waals surface area contributed by atoms with Crippen molar-refractivity contribution in [3.05, 3.63) is 18.3 Å². The van der Waals surface area contributed by atoms with E-state index in [-0.39, 0.29) is 10.9 Å². The predicted molar refractivity (Wildman–Crippen MR) is 71.7 cm³/mol. The molecule has 0 unspecified atom stereocenters. The summed E-state index contributed by atoms with van der Waals surface area (Å²) in [5.41, 5.74) is 0. The van der Waals surface area contributed by atoms with Crippen molar-refractivity contribution in [3.8, 4) is 0 Å². The van der Waals surface area contributed by atoms with Gasteiger partial charge in [-0.15, -0.1) is 0 Å². The summed E-state index contributed by atoms with van der Waals surface area (Å²) in [5, 5.41) is 2.92. The first-order valence-electron chi connectivity index (χ1n) is 5.99. The number of carbonyl (C=O) groups excluding carboxylic acids is 1. The zero-order valence-corrected chi connectivity index (χ0v) is 11.9. The number of sulfone groups is 1. The molecule has 0 saturated heterocycles. The highest BCUT2D eigenvalue weighted by atomic mass is 32.2. The fourth-order valence-corrected chi connectivity index (χ4v) is 2.30. The smallest absolute Gasteiger partial charge is 0.305 e. The summed E-state index contributed by atoms with van der Waals surface area (Å²) in [7, 11) is -3.31. The van der Waals surface area contributed by atoms with E-state index in [2.05, 4.69) is 10.3 Å². The van der Waals surface area contributed by atoms with Crippen LogP contribution in [0, 0.1) is 0 Å². The van der Waals surface area contributed by atoms with Gasteiger partial charge in [-0.3, -0.25) is 4.79 Å². The molecular formula is C12H18N2O4S. The third-order valence-electron chi connectivity index (χ3n) is 2.33. The van der Waals surface area contributed by atoms with Gasteiger partial charge >= 0.3 is 5.97 Å². The van der Waals surface area contributed by atoms with Crippen molar-refractivity contribution < 1.29 is 17.9 Å². The van der Waals surface area contributed by atoms with Crippen molar-refractivity contribution in [1.29, 1.82) is 0 Å². The van der Waals surface area contributed by atoms with Crippen molar-refractivity contribution in [2.45, 2.75) is 24.7 Å². The standard InChI is InChI=1S/C12H18N2O4S/c1-3-18-11(15)7-5-9-14-12-10(19(2,16)17)6-4-8-13-12/h4,6,8H,3,5,7,9H2,1-2H3,(H,13,14). The molecule has 1 rings (SSSR count). The molecule has 0 aliphatic heterocycles. The largest absolute Gasteiger partial charge is 0.466 e. The van der Waals surface area contributed by atoms with Crippen molar-refractivity contribution in [2.75, 3.05) is 24.7 Å². The van der Waals surface area contributed by atoms with E-state index in [1.165, 1.54) is 12.3 Å². The molecule has 6 nitrogen and oxygen atoms in total. The van der Waals surface area contributed by atoms with Crippen LogP contribution in [-0.2, 0) is 19.4 Å². The second-order valence-corrected chi connectivity index (χ2v) is 5.94. The Morgan fingerprint density at radius 2 is 2.21 bits per heavy atom. The fourth-order valence-electron chi connectivity index (χ4n) is 1.50. The van der Waals surface area contributed by atoms with E-state index in [9.17, 15) is 13.2 Å². The fraction of sp³-hybridized carbons (Fsp3) is 0.500. The first-order chi connectivity index (χ1) is 8.95. The van der Waals surface area contributed by atoms with Gasteiger partial charge in [0.25, 0.3) is 0 Å². The van der Waals surface area contributed by atoms with Crippen LogP contribution in [0.2, 0.25) is 0 Å². The first kappa shape index (κ1) is 15.4. The summed E-state index contributed by atoms with van der Waals surface area (Å²) in [6.07, 6.45) is 3.50. The number of anilines is 1. The number of carbonyl (C=O) groups is 1. The minimum atomic E-state index is -3.31. The quantitative estimate of drug-likeness (QED) is 0.599. The van der Waals surface area contributed by atoms with Crippen molar-refractivity contribution in [2.24, 2.45) is 0 Å². The van der Waals surface area contributed by atoms with Gasteiger partial charge in [0.2, 0.25) is 0 Å². The Labute approximate surface area is 113 Å². The molecule has 0 amide bonds. The Hall–Kier alpha value is -1.63. The number of ether oxygens (including phenoxy) is 1. The summed E-state index contributed by atoms with van der Waals surface area (Å²) in [4.78, 5) is 15.3. The number of aromatic nitrogens is 1. The number of nitrogens with one attached hydrogen (secondary N) is 1. The van der Waals surface area contributed by atoms with Crippen molar-refractivity contribution in [3.63, 3.8) is 0 Å². The highest BCUT2D eigenvalue weighted by Gasteiger charge is 2.13. The molecule has 0 atom stereocenters. The third kappa shape index (κ3) is 5.25. The first-order valence-corrected chi connectivity index (χ1v) is 7.89. The topological polar surface area (TPSA) is 85.4 Å². The van der Waals surface area contributed by atoms with Crippen LogP contribution in [0.1, 0.15) is 19.8 Å². The predicted octanol–water partition coefficient (Wildman–Crippen LogP) is 1.24. The zero-order chi connectivity index (χ0) is 14.3. The van der Waals surface area contributed by atoms with E-state index in [4.69, 9.17) is 4.74 Å². The molecule has 1 aromatic rings. The van der Waals surface area contributed by atoms with Gasteiger partial charge in [-0.25, -0.2) is 13.4 Å². The van der Waals surface area contributed by atoms with Gasteiger partial charge < -0.3 is 10.1 Å². The van der Waals surface area contributed by atoms with Gasteiger partial charge in [0.1, 0.15) is 10.7 Å². The highest BCUT2D eigenvalue weighted by molar-refractivity contribution is 7.90. The number of nitrogens with zero attached hydrogens (tertiary/aromatic N) is 1. The van der Waals surface area contributed by atoms with Crippen LogP contribution in [0.5, 0.6) is 0 Å². The Morgan fingerprint density at radius 3 is 2.84 bits per heavy atom. The summed E-state index contributed by atoms with van der Waals surface area (Å²) < 4.78 is 27.8. The number of pyridine rings is 1. The van der Waals surface area contributed by atoms with Crippen LogP contribution in [0.4, 0.5) is 5.82 Å². The maximum atomic E-state index is 11.5. The van der Waals surface area contributed by atoms with Crippen LogP contribution in [0.15, 0.2) is 23.2 Å². The number of rotatable bonds is 7. The molecule has 0 saturated carbocycles. The molecule has 0 spiro atoms. The Morgan fingerprint density at radius 1 is 1.47 bits per heavy atom. The lowest BCUT2D eigenvalue weighted by Crippen LogP contribution is -2.11. The van der Waals surface area contributed by atoms with E-state index in [0.717, 1.165) is 6.26 Å². The molecule has 1 aromatic heterocycles. The Balaban J connectivity index is 2.53. The van der Waals surface area contributed by atoms with E-state index >= 15 is 0 Å². The van der Waals surface area contributed by atoms with Gasteiger partial charge in [-0.05, 0) is 25.5 Å². The van der Waals surface area contributed by atoms with Crippen LogP contribution >= 0.6 is 0 Å². The van der Waals surface area contributed by atoms with E-state index in [0.29, 0.717) is 31.8 Å². The summed E-state index contributed by atoms with van der Waals surface area (Å²) in [6, 6.07) is 3.07. The lowest BCUT2D eigenvalue weighted by Gasteiger charge is -2.09. The summed E-state index contributed by atoms with van der Waals surface area (Å²) in [5.74, 6) is 0.0579. The van der Waals surface area contributed by atoms with Crippen LogP contribution in [0.25, 0.3) is 0 Å². The molecule has 1 N–H and O–H groups in total. The van der Waals surface area contributed by atoms with Crippen LogP contribution in [0.3, 0.4) is 0 Å². The zero-order valence-electron chi connectivity index (χ0n) is 11.0. The van der Waals surface area contributed by atoms with Gasteiger partial charge in [0.05, 0.1) is 6.61 Å². The van der Waals surface area contributed by atoms with E-state index in [1.54, 1.807) is 13.0 Å². The van der Waals surface area contributed by atoms with E-state index < -0.39 is 9.84 Å². The molecular weight excluding hydrogens is 268 g/mol. The maximum Gasteiger partial charge on any atom is 0.305 e. The summed E-state index contributed by atoms with van der Waals surface area (Å²) in [6.45, 7) is 2.57. The second kappa shape index (κ2) is 7.08. The Bertz CT molecular complexity index is 528. The molecule has 106 valence electrons. The van der Waals surface area contributed by atoms with Gasteiger partial charge in [0, 0.05) is 25.4 Å². The van der Waals surface area contributed by atoms with Crippen molar-refractivity contribution >= 4 is 21.6 Å². The molecule has 1 heterocycles. The van der Waals surface area contributed by atoms with Gasteiger partial charge in [0.15, 0.2) is 9.84 Å². The minimum absolute atomic E-state index is 0.158. The molecule has 0 aliphatic carbocycles. The normalized spacial score (nSPS) is 11.1. The molecule has 0 bridgehead atoms. The number of hydrogen-bond donors (Lipinski definition) is 1. The summed E-state index contributed by atoms with van der Waals surface area (Å²) >= 11 is 0. The number of hydrogen-bond acceptors (Lipinski definition) is 6. The Kier molecular flexibility index (Phi) is 5.75. The monoisotopic (exact) mass is 286 g/mol. The second-order valence-electron chi connectivity index (χ2n) is 3.96. The highest BCUT2D eigenvalue weighted by Crippen LogP contribution is 2.17. The number of esters is 1. The molecule has 7 heteroatoms. The minimum Gasteiger partial charge on any atom is -0.466 e. The third-order valence-corrected chi connectivity index (χ3v) is 3.45. The SMILES string of the molecule is CCOC(=O)CCCNc1ncccc1S(C)(=O)=O. The average molecular weight is 286 g/mol. The van der Waals surface area contributed by atoms with Crippen LogP contribution < -0.4 is 5.32 Å². The lowest BCUT2D eigenvalue weighted by atomic mass is 10.3. The average Bonchev–Trinajstić information content (AvgIpc) is 2.34. The van der Waals surface area contributed by atoms with Gasteiger partial charge in [-0.2, -0.15) is 0 Å². The lowest BCUT2D eigenvalue weighted by molar-refractivity contribution is -0.143. The van der Waals surface area contributed by atoms with Crippen LogP contribution in [-0.4, -0.2) is 38.8 Å². The molecule has 19 heavy (non-hydrogen) atoms. The van der Waals surface area contributed by atoms with E-state index in [1.807, 2.05) is 0 Å². The maximum absolute atomic E-state index is 11.5. The molecule has 0 aliphatic rings. The molecule has 0 radical (unpaired) electrons. The molecule has 0 fully saturated rings. The molecule has 0 aromatic carbocycles. The van der Waals surface area contributed by atoms with Gasteiger partial charge in [-0.1, -0.05) is 0 Å².